The van der Waals surface area contributed by atoms with Crippen molar-refractivity contribution in [2.75, 3.05) is 6.61 Å². The molecule has 0 spiro atoms. The summed E-state index contributed by atoms with van der Waals surface area (Å²) in [5.74, 6) is 0.225. The second-order valence-corrected chi connectivity index (χ2v) is 6.29. The number of rotatable bonds is 4. The summed E-state index contributed by atoms with van der Waals surface area (Å²) < 4.78 is 25.3. The zero-order chi connectivity index (χ0) is 18.1. The molecule has 0 saturated carbocycles. The van der Waals surface area contributed by atoms with E-state index in [1.807, 2.05) is 6.92 Å². The van der Waals surface area contributed by atoms with Gasteiger partial charge in [0, 0.05) is 11.1 Å². The molecule has 5 heteroatoms. The molecule has 1 aliphatic rings. The number of ether oxygens (including phenoxy) is 2. The molecule has 1 heterocycles. The number of benzene rings is 2. The lowest BCUT2D eigenvalue weighted by Crippen LogP contribution is -2.00. The van der Waals surface area contributed by atoms with Gasteiger partial charge in [0.25, 0.3) is 0 Å². The Bertz CT molecular complexity index is 895. The van der Waals surface area contributed by atoms with E-state index >= 15 is 0 Å². The molecule has 25 heavy (non-hydrogen) atoms. The zero-order valence-corrected chi connectivity index (χ0v) is 14.6. The van der Waals surface area contributed by atoms with Crippen molar-refractivity contribution in [3.8, 4) is 11.5 Å². The molecule has 1 aliphatic heterocycles. The Kier molecular flexibility index (Phi) is 4.64. The Hall–Kier alpha value is -2.59. The third-order valence-corrected chi connectivity index (χ3v) is 4.12. The van der Waals surface area contributed by atoms with Gasteiger partial charge in [-0.3, -0.25) is 4.79 Å². The summed E-state index contributed by atoms with van der Waals surface area (Å²) in [5.41, 5.74) is 2.12. The van der Waals surface area contributed by atoms with Gasteiger partial charge in [-0.2, -0.15) is 0 Å². The van der Waals surface area contributed by atoms with Crippen LogP contribution in [0.1, 0.15) is 28.4 Å². The van der Waals surface area contributed by atoms with Crippen molar-refractivity contribution in [3.63, 3.8) is 0 Å². The van der Waals surface area contributed by atoms with Crippen molar-refractivity contribution < 1.29 is 18.7 Å². The third-order valence-electron chi connectivity index (χ3n) is 3.79. The van der Waals surface area contributed by atoms with Gasteiger partial charge in [-0.15, -0.1) is 0 Å². The van der Waals surface area contributed by atoms with Crippen molar-refractivity contribution >= 4 is 23.5 Å². The van der Waals surface area contributed by atoms with Gasteiger partial charge in [-0.1, -0.05) is 24.2 Å². The zero-order valence-electron chi connectivity index (χ0n) is 13.9. The highest BCUT2D eigenvalue weighted by Crippen LogP contribution is 2.39. The van der Waals surface area contributed by atoms with Crippen molar-refractivity contribution in [2.45, 2.75) is 13.8 Å². The summed E-state index contributed by atoms with van der Waals surface area (Å²) in [5, 5.41) is 0.210. The van der Waals surface area contributed by atoms with Crippen LogP contribution >= 0.6 is 11.6 Å². The van der Waals surface area contributed by atoms with E-state index in [1.54, 1.807) is 25.1 Å². The van der Waals surface area contributed by atoms with E-state index in [-0.39, 0.29) is 22.1 Å². The van der Waals surface area contributed by atoms with Crippen LogP contribution in [0.5, 0.6) is 11.5 Å². The summed E-state index contributed by atoms with van der Waals surface area (Å²) in [6, 6.07) is 7.69. The maximum Gasteiger partial charge on any atom is 0.231 e. The molecule has 0 fully saturated rings. The molecular formula is C20H16ClFO3. The molecule has 0 aliphatic carbocycles. The molecule has 0 bridgehead atoms. The fourth-order valence-corrected chi connectivity index (χ4v) is 2.72. The lowest BCUT2D eigenvalue weighted by atomic mass is 10.1. The van der Waals surface area contributed by atoms with Gasteiger partial charge in [0.05, 0.1) is 10.6 Å². The number of ketones is 1. The van der Waals surface area contributed by atoms with Crippen LogP contribution in [0.3, 0.4) is 0 Å². The van der Waals surface area contributed by atoms with Crippen LogP contribution in [0.25, 0.3) is 6.08 Å². The average molecular weight is 359 g/mol. The minimum Gasteiger partial charge on any atom is -0.489 e. The smallest absolute Gasteiger partial charge is 0.231 e. The molecular weight excluding hydrogens is 343 g/mol. The van der Waals surface area contributed by atoms with Crippen molar-refractivity contribution in [1.29, 1.82) is 0 Å². The van der Waals surface area contributed by atoms with Crippen molar-refractivity contribution in [3.05, 3.63) is 75.8 Å². The molecule has 0 atom stereocenters. The number of hydrogen-bond donors (Lipinski definition) is 0. The highest BCUT2D eigenvalue weighted by molar-refractivity contribution is 6.32. The predicted molar refractivity (Wildman–Crippen MR) is 95.8 cm³/mol. The van der Waals surface area contributed by atoms with E-state index in [0.29, 0.717) is 29.2 Å². The molecule has 128 valence electrons. The monoisotopic (exact) mass is 358 g/mol. The summed E-state index contributed by atoms with van der Waals surface area (Å²) in [7, 11) is 0. The maximum absolute atomic E-state index is 14.0. The van der Waals surface area contributed by atoms with Crippen LogP contribution in [-0.2, 0) is 0 Å². The molecule has 3 rings (SSSR count). The summed E-state index contributed by atoms with van der Waals surface area (Å²) in [4.78, 5) is 12.5. The van der Waals surface area contributed by atoms with Crippen LogP contribution in [0.2, 0.25) is 5.02 Å². The van der Waals surface area contributed by atoms with E-state index in [2.05, 4.69) is 6.58 Å². The van der Waals surface area contributed by atoms with Crippen LogP contribution < -0.4 is 9.47 Å². The molecule has 2 aromatic carbocycles. The Morgan fingerprint density at radius 1 is 1.36 bits per heavy atom. The van der Waals surface area contributed by atoms with Crippen LogP contribution in [0.4, 0.5) is 4.39 Å². The van der Waals surface area contributed by atoms with Crippen LogP contribution in [-0.4, -0.2) is 12.4 Å². The first-order valence-corrected chi connectivity index (χ1v) is 8.05. The van der Waals surface area contributed by atoms with E-state index < -0.39 is 5.82 Å². The predicted octanol–water partition coefficient (Wildman–Crippen LogP) is 5.36. The van der Waals surface area contributed by atoms with Crippen LogP contribution in [0, 0.1) is 12.7 Å². The fraction of sp³-hybridized carbons (Fsp3) is 0.150. The third kappa shape index (κ3) is 3.30. The van der Waals surface area contributed by atoms with Gasteiger partial charge < -0.3 is 9.47 Å². The number of fused-ring (bicyclic) bond motifs is 1. The molecule has 0 N–H and O–H groups in total. The highest BCUT2D eigenvalue weighted by atomic mass is 35.5. The second kappa shape index (κ2) is 6.73. The van der Waals surface area contributed by atoms with Crippen LogP contribution in [0.15, 0.2) is 48.2 Å². The largest absolute Gasteiger partial charge is 0.489 e. The molecule has 0 saturated heterocycles. The van der Waals surface area contributed by atoms with Gasteiger partial charge >= 0.3 is 0 Å². The molecule has 0 aromatic heterocycles. The van der Waals surface area contributed by atoms with Gasteiger partial charge in [0.1, 0.15) is 23.9 Å². The fourth-order valence-electron chi connectivity index (χ4n) is 2.50. The SMILES string of the molecule is C=C(C)COc1ccc2c(c1C)O/C(=C\c1c(F)cccc1Cl)C2=O. The molecule has 3 nitrogen and oxygen atoms in total. The van der Waals surface area contributed by atoms with Gasteiger partial charge in [0.2, 0.25) is 5.78 Å². The number of allylic oxidation sites excluding steroid dienone is 1. The Labute approximate surface area is 150 Å². The quantitative estimate of drug-likeness (QED) is 0.545. The van der Waals surface area contributed by atoms with Gasteiger partial charge in [-0.25, -0.2) is 4.39 Å². The van der Waals surface area contributed by atoms with Gasteiger partial charge in [0.15, 0.2) is 5.76 Å². The average Bonchev–Trinajstić information content (AvgIpc) is 2.87. The minimum absolute atomic E-state index is 0.0298. The molecule has 0 amide bonds. The number of hydrogen-bond acceptors (Lipinski definition) is 3. The minimum atomic E-state index is -0.519. The first-order chi connectivity index (χ1) is 11.9. The van der Waals surface area contributed by atoms with Gasteiger partial charge in [-0.05, 0) is 49.8 Å². The molecule has 0 radical (unpaired) electrons. The summed E-state index contributed by atoms with van der Waals surface area (Å²) in [6.07, 6.45) is 1.33. The maximum atomic E-state index is 14.0. The highest BCUT2D eigenvalue weighted by Gasteiger charge is 2.30. The van der Waals surface area contributed by atoms with E-state index in [4.69, 9.17) is 21.1 Å². The lowest BCUT2D eigenvalue weighted by molar-refractivity contribution is 0.101. The topological polar surface area (TPSA) is 35.5 Å². The standard InChI is InChI=1S/C20H16ClFO3/c1-11(2)10-24-17-8-7-13-19(23)18(25-20(13)12(17)3)9-14-15(21)5-4-6-16(14)22/h4-9H,1,10H2,2-3H3/b18-9-. The lowest BCUT2D eigenvalue weighted by Gasteiger charge is -2.11. The van der Waals surface area contributed by atoms with E-state index in [0.717, 1.165) is 5.57 Å². The van der Waals surface area contributed by atoms with E-state index in [9.17, 15) is 9.18 Å². The normalized spacial score (nSPS) is 14.4. The second-order valence-electron chi connectivity index (χ2n) is 5.89. The first kappa shape index (κ1) is 17.2. The van der Waals surface area contributed by atoms with E-state index in [1.165, 1.54) is 18.2 Å². The Morgan fingerprint density at radius 3 is 2.80 bits per heavy atom. The number of Topliss-reactive ketones (excluding diaryl/α,β-unsaturated/α-hetero) is 1. The molecule has 2 aromatic rings. The molecule has 0 unspecified atom stereocenters. The Balaban J connectivity index is 1.97. The Morgan fingerprint density at radius 2 is 2.12 bits per heavy atom. The first-order valence-electron chi connectivity index (χ1n) is 7.67. The number of halogens is 2. The summed E-state index contributed by atoms with van der Waals surface area (Å²) >= 11 is 6.01. The number of carbonyl (C=O) groups is 1. The van der Waals surface area contributed by atoms with Crippen molar-refractivity contribution in [2.24, 2.45) is 0 Å². The van der Waals surface area contributed by atoms with Crippen molar-refractivity contribution in [1.82, 2.24) is 0 Å². The summed E-state index contributed by atoms with van der Waals surface area (Å²) in [6.45, 7) is 7.84. The number of carbonyl (C=O) groups excluding carboxylic acids is 1.